The second-order valence-corrected chi connectivity index (χ2v) is 8.70. The highest BCUT2D eigenvalue weighted by Crippen LogP contribution is 2.45. The second kappa shape index (κ2) is 8.22. The van der Waals surface area contributed by atoms with Gasteiger partial charge in [0.1, 0.15) is 4.32 Å². The fourth-order valence-corrected chi connectivity index (χ4v) is 4.97. The number of benzene rings is 2. The highest BCUT2D eigenvalue weighted by Gasteiger charge is 2.41. The number of hydrogen-bond donors (Lipinski definition) is 0. The Balaban J connectivity index is 1.74. The summed E-state index contributed by atoms with van der Waals surface area (Å²) in [5, 5.41) is 11.3. The predicted molar refractivity (Wildman–Crippen MR) is 118 cm³/mol. The quantitative estimate of drug-likeness (QED) is 0.507. The summed E-state index contributed by atoms with van der Waals surface area (Å²) in [5.74, 6) is -2.06. The number of carboxylic acids is 1. The van der Waals surface area contributed by atoms with Crippen molar-refractivity contribution in [1.82, 2.24) is 4.90 Å². The fourth-order valence-electron chi connectivity index (χ4n) is 3.40. The summed E-state index contributed by atoms with van der Waals surface area (Å²) in [6.45, 7) is 0.160. The van der Waals surface area contributed by atoms with E-state index in [0.717, 1.165) is 17.3 Å². The summed E-state index contributed by atoms with van der Waals surface area (Å²) in [6, 6.07) is 14.5. The van der Waals surface area contributed by atoms with Crippen LogP contribution in [0, 0.1) is 0 Å². The first-order chi connectivity index (χ1) is 14.4. The van der Waals surface area contributed by atoms with Crippen molar-refractivity contribution in [1.29, 1.82) is 0 Å². The lowest BCUT2D eigenvalue weighted by Gasteiger charge is -2.18. The van der Waals surface area contributed by atoms with Gasteiger partial charge in [0.05, 0.1) is 22.7 Å². The summed E-state index contributed by atoms with van der Waals surface area (Å²) in [5.41, 5.74) is 2.36. The molecule has 6 nitrogen and oxygen atoms in total. The van der Waals surface area contributed by atoms with Crippen molar-refractivity contribution in [2.75, 3.05) is 11.4 Å². The van der Waals surface area contributed by atoms with E-state index in [2.05, 4.69) is 0 Å². The molecule has 0 aromatic heterocycles. The van der Waals surface area contributed by atoms with Crippen LogP contribution in [0.25, 0.3) is 5.57 Å². The van der Waals surface area contributed by atoms with E-state index in [0.29, 0.717) is 16.3 Å². The minimum atomic E-state index is -1.27. The molecule has 152 valence electrons. The summed E-state index contributed by atoms with van der Waals surface area (Å²) in [6.07, 6.45) is -0.335. The highest BCUT2D eigenvalue weighted by molar-refractivity contribution is 8.26. The third-order valence-electron chi connectivity index (χ3n) is 4.83. The Kier molecular flexibility index (Phi) is 5.64. The van der Waals surface area contributed by atoms with Crippen LogP contribution in [0.15, 0.2) is 53.4 Å². The number of halogens is 1. The Morgan fingerprint density at radius 1 is 1.03 bits per heavy atom. The average molecular weight is 458 g/mol. The minimum absolute atomic E-state index is 0.0943. The van der Waals surface area contributed by atoms with Crippen LogP contribution in [0.3, 0.4) is 0 Å². The molecule has 0 aliphatic carbocycles. The zero-order valence-corrected chi connectivity index (χ0v) is 17.9. The van der Waals surface area contributed by atoms with Crippen molar-refractivity contribution in [3.63, 3.8) is 0 Å². The van der Waals surface area contributed by atoms with Crippen LogP contribution in [0.4, 0.5) is 5.69 Å². The number of amides is 2. The van der Waals surface area contributed by atoms with Crippen molar-refractivity contribution in [2.24, 2.45) is 0 Å². The molecule has 2 amide bonds. The molecule has 0 saturated carbocycles. The van der Waals surface area contributed by atoms with E-state index in [4.69, 9.17) is 23.8 Å². The molecule has 0 spiro atoms. The third kappa shape index (κ3) is 3.62. The normalized spacial score (nSPS) is 18.4. The second-order valence-electron chi connectivity index (χ2n) is 6.65. The topological polar surface area (TPSA) is 80.7 Å². The minimum Gasteiger partial charge on any atom is -0.550 e. The zero-order chi connectivity index (χ0) is 21.4. The molecule has 2 aliphatic heterocycles. The van der Waals surface area contributed by atoms with Gasteiger partial charge < -0.3 is 14.8 Å². The Hall–Kier alpha value is -2.68. The molecular formula is C21H14ClN2O4S2-. The number of thiocarbonyl (C=S) groups is 1. The Morgan fingerprint density at radius 3 is 2.47 bits per heavy atom. The van der Waals surface area contributed by atoms with Crippen molar-refractivity contribution < 1.29 is 19.5 Å². The number of rotatable bonds is 5. The lowest BCUT2D eigenvalue weighted by Crippen LogP contribution is -2.34. The monoisotopic (exact) mass is 457 g/mol. The molecule has 2 aliphatic rings. The summed E-state index contributed by atoms with van der Waals surface area (Å²) in [4.78, 5) is 40.1. The standard InChI is InChI=1S/C21H15ClN2O4S2/c22-14-7-3-1-5-12(14)11-24-15-8-4-2-6-13(15)17(19(24)27)18-20(28)23(21(29)30-18)10-9-16(25)26/h1-8H,9-11H2,(H,25,26)/p-1/b18-17+. The van der Waals surface area contributed by atoms with Crippen molar-refractivity contribution in [3.05, 3.63) is 69.6 Å². The van der Waals surface area contributed by atoms with Gasteiger partial charge in [-0.1, -0.05) is 72.0 Å². The van der Waals surface area contributed by atoms with E-state index >= 15 is 0 Å². The first-order valence-electron chi connectivity index (χ1n) is 9.01. The van der Waals surface area contributed by atoms with Crippen molar-refractivity contribution in [2.45, 2.75) is 13.0 Å². The smallest absolute Gasteiger partial charge is 0.267 e. The van der Waals surface area contributed by atoms with Crippen LogP contribution >= 0.6 is 35.6 Å². The average Bonchev–Trinajstić information content (AvgIpc) is 3.15. The lowest BCUT2D eigenvalue weighted by atomic mass is 10.1. The third-order valence-corrected chi connectivity index (χ3v) is 6.64. The molecule has 0 N–H and O–H groups in total. The number of thioether (sulfide) groups is 1. The Labute approximate surface area is 187 Å². The van der Waals surface area contributed by atoms with Gasteiger partial charge >= 0.3 is 0 Å². The van der Waals surface area contributed by atoms with Crippen LogP contribution in [0.2, 0.25) is 5.02 Å². The molecule has 1 saturated heterocycles. The van der Waals surface area contributed by atoms with Crippen molar-refractivity contribution in [3.8, 4) is 0 Å². The maximum atomic E-state index is 13.4. The van der Waals surface area contributed by atoms with Crippen LogP contribution < -0.4 is 10.0 Å². The van der Waals surface area contributed by atoms with Crippen LogP contribution in [0.5, 0.6) is 0 Å². The number of fused-ring (bicyclic) bond motifs is 1. The van der Waals surface area contributed by atoms with Gasteiger partial charge in [-0.3, -0.25) is 14.5 Å². The first-order valence-corrected chi connectivity index (χ1v) is 10.6. The summed E-state index contributed by atoms with van der Waals surface area (Å²) in [7, 11) is 0. The van der Waals surface area contributed by atoms with Gasteiger partial charge in [-0.25, -0.2) is 0 Å². The number of hydrogen-bond acceptors (Lipinski definition) is 6. The molecule has 0 atom stereocenters. The molecule has 0 unspecified atom stereocenters. The molecular weight excluding hydrogens is 444 g/mol. The van der Waals surface area contributed by atoms with Crippen LogP contribution in [0.1, 0.15) is 17.5 Å². The van der Waals surface area contributed by atoms with Gasteiger partial charge in [-0.2, -0.15) is 0 Å². The van der Waals surface area contributed by atoms with E-state index in [9.17, 15) is 19.5 Å². The van der Waals surface area contributed by atoms with Gasteiger partial charge in [0.25, 0.3) is 11.8 Å². The number of carbonyl (C=O) groups excluding carboxylic acids is 3. The molecule has 0 bridgehead atoms. The maximum Gasteiger partial charge on any atom is 0.267 e. The van der Waals surface area contributed by atoms with E-state index in [1.807, 2.05) is 30.3 Å². The first kappa shape index (κ1) is 20.6. The molecule has 2 aromatic rings. The van der Waals surface area contributed by atoms with E-state index in [1.54, 1.807) is 23.1 Å². The maximum absolute atomic E-state index is 13.4. The lowest BCUT2D eigenvalue weighted by molar-refractivity contribution is -0.305. The van der Waals surface area contributed by atoms with Gasteiger partial charge in [0, 0.05) is 29.5 Å². The van der Waals surface area contributed by atoms with E-state index in [-0.39, 0.29) is 40.2 Å². The predicted octanol–water partition coefficient (Wildman–Crippen LogP) is 2.60. The number of anilines is 1. The zero-order valence-electron chi connectivity index (χ0n) is 15.5. The Bertz CT molecular complexity index is 1130. The number of aliphatic carboxylic acids is 1. The molecule has 0 radical (unpaired) electrons. The highest BCUT2D eigenvalue weighted by atomic mass is 35.5. The Morgan fingerprint density at radius 2 is 1.73 bits per heavy atom. The number of nitrogens with zero attached hydrogens (tertiary/aromatic N) is 2. The molecule has 2 aromatic carbocycles. The molecule has 30 heavy (non-hydrogen) atoms. The van der Waals surface area contributed by atoms with Crippen LogP contribution in [-0.4, -0.2) is 33.5 Å². The van der Waals surface area contributed by atoms with Crippen molar-refractivity contribution >= 4 is 68.9 Å². The number of carboxylic acid groups (broad SMARTS) is 1. The van der Waals surface area contributed by atoms with Gasteiger partial charge in [0.2, 0.25) is 0 Å². The van der Waals surface area contributed by atoms with Gasteiger partial charge in [-0.05, 0) is 17.7 Å². The summed E-state index contributed by atoms with van der Waals surface area (Å²) >= 11 is 12.5. The molecule has 9 heteroatoms. The SMILES string of the molecule is O=C([O-])CCN1C(=O)/C(=C2\C(=O)N(Cc3ccccc3Cl)c3ccccc32)SC1=S. The van der Waals surface area contributed by atoms with Gasteiger partial charge in [-0.15, -0.1) is 0 Å². The largest absolute Gasteiger partial charge is 0.550 e. The molecule has 2 heterocycles. The fraction of sp³-hybridized carbons (Fsp3) is 0.143. The number of carbonyl (C=O) groups is 3. The van der Waals surface area contributed by atoms with E-state index in [1.165, 1.54) is 4.90 Å². The van der Waals surface area contributed by atoms with Gasteiger partial charge in [0.15, 0.2) is 0 Å². The van der Waals surface area contributed by atoms with E-state index < -0.39 is 11.9 Å². The molecule has 1 fully saturated rings. The van der Waals surface area contributed by atoms with Crippen LogP contribution in [-0.2, 0) is 20.9 Å². The number of para-hydroxylation sites is 1. The summed E-state index contributed by atoms with van der Waals surface area (Å²) < 4.78 is 0.221. The molecule has 4 rings (SSSR count).